The topological polar surface area (TPSA) is 92.6 Å². The fraction of sp³-hybridized carbons (Fsp3) is 0.448. The van der Waals surface area contributed by atoms with Gasteiger partial charge in [0, 0.05) is 37.1 Å². The first kappa shape index (κ1) is 27.1. The molecule has 0 unspecified atom stereocenters. The molecule has 1 aromatic carbocycles. The Balaban J connectivity index is 1.51. The molecule has 3 aromatic rings. The van der Waals surface area contributed by atoms with Gasteiger partial charge in [0.25, 0.3) is 5.91 Å². The van der Waals surface area contributed by atoms with Crippen molar-refractivity contribution >= 4 is 40.4 Å². The molecule has 0 aliphatic carbocycles. The van der Waals surface area contributed by atoms with Gasteiger partial charge in [0.05, 0.1) is 17.1 Å². The third-order valence-corrected chi connectivity index (χ3v) is 7.87. The van der Waals surface area contributed by atoms with E-state index in [0.717, 1.165) is 44.6 Å². The highest BCUT2D eigenvalue weighted by molar-refractivity contribution is 6.36. The standard InChI is InChI=1S/C29H35ClN6O3/c1-3-25(37)35-15-5-4-8-22(19-35)36-27-23(32-29(36)33-28(38)21-11-12-31-20(2)18-21)9-10-24(26(27)30)39-17-16-34-13-6-7-14-34/h3,9-12,18,22H,1,4-8,13-17,19H2,2H3,(H,32,33,38)/t22-/m1/s1. The van der Waals surface area contributed by atoms with Gasteiger partial charge in [0.2, 0.25) is 11.9 Å². The lowest BCUT2D eigenvalue weighted by Crippen LogP contribution is -2.34. The summed E-state index contributed by atoms with van der Waals surface area (Å²) in [5.41, 5.74) is 2.58. The second-order valence-corrected chi connectivity index (χ2v) is 10.6. The molecule has 2 aromatic heterocycles. The number of hydrogen-bond donors (Lipinski definition) is 1. The molecule has 2 saturated heterocycles. The lowest BCUT2D eigenvalue weighted by molar-refractivity contribution is -0.126. The Kier molecular flexibility index (Phi) is 8.47. The van der Waals surface area contributed by atoms with E-state index in [2.05, 4.69) is 21.8 Å². The molecule has 0 spiro atoms. The number of halogens is 1. The van der Waals surface area contributed by atoms with Crippen LogP contribution in [0.5, 0.6) is 5.75 Å². The minimum absolute atomic E-state index is 0.110. The summed E-state index contributed by atoms with van der Waals surface area (Å²) in [6, 6.07) is 6.97. The van der Waals surface area contributed by atoms with Crippen LogP contribution >= 0.6 is 11.6 Å². The molecule has 4 heterocycles. The van der Waals surface area contributed by atoms with Gasteiger partial charge >= 0.3 is 0 Å². The van der Waals surface area contributed by atoms with Gasteiger partial charge in [-0.2, -0.15) is 0 Å². The van der Waals surface area contributed by atoms with E-state index in [-0.39, 0.29) is 17.9 Å². The summed E-state index contributed by atoms with van der Waals surface area (Å²) in [6.45, 7) is 10.2. The van der Waals surface area contributed by atoms with Gasteiger partial charge < -0.3 is 14.2 Å². The zero-order valence-corrected chi connectivity index (χ0v) is 23.1. The van der Waals surface area contributed by atoms with E-state index in [9.17, 15) is 9.59 Å². The van der Waals surface area contributed by atoms with E-state index in [4.69, 9.17) is 21.3 Å². The summed E-state index contributed by atoms with van der Waals surface area (Å²) in [5.74, 6) is 0.572. The number of rotatable bonds is 8. The van der Waals surface area contributed by atoms with Crippen molar-refractivity contribution in [1.82, 2.24) is 24.3 Å². The Morgan fingerprint density at radius 1 is 1.18 bits per heavy atom. The summed E-state index contributed by atoms with van der Waals surface area (Å²) in [4.78, 5) is 39.0. The van der Waals surface area contributed by atoms with Crippen LogP contribution in [0.3, 0.4) is 0 Å². The predicted molar refractivity (Wildman–Crippen MR) is 153 cm³/mol. The summed E-state index contributed by atoms with van der Waals surface area (Å²) < 4.78 is 8.11. The highest BCUT2D eigenvalue weighted by atomic mass is 35.5. The van der Waals surface area contributed by atoms with Crippen LogP contribution in [0.25, 0.3) is 11.0 Å². The van der Waals surface area contributed by atoms with Crippen molar-refractivity contribution in [3.05, 3.63) is 59.4 Å². The molecule has 10 heteroatoms. The van der Waals surface area contributed by atoms with Crippen LogP contribution in [-0.4, -0.2) is 75.5 Å². The van der Waals surface area contributed by atoms with Crippen LogP contribution in [0.4, 0.5) is 5.95 Å². The number of benzene rings is 1. The van der Waals surface area contributed by atoms with Crippen LogP contribution in [0.15, 0.2) is 43.1 Å². The average molecular weight is 551 g/mol. The summed E-state index contributed by atoms with van der Waals surface area (Å²) in [5, 5.41) is 3.45. The average Bonchev–Trinajstić information content (AvgIpc) is 3.51. The SMILES string of the molecule is C=CC(=O)N1CCCC[C@@H](n2c(NC(=O)c3ccnc(C)c3)nc3ccc(OCCN4CCCC4)c(Cl)c32)C1. The van der Waals surface area contributed by atoms with Crippen molar-refractivity contribution in [3.8, 4) is 5.75 Å². The number of fused-ring (bicyclic) bond motifs is 1. The largest absolute Gasteiger partial charge is 0.491 e. The quantitative estimate of drug-likeness (QED) is 0.403. The molecule has 1 N–H and O–H groups in total. The number of aromatic nitrogens is 3. The lowest BCUT2D eigenvalue weighted by atomic mass is 10.1. The van der Waals surface area contributed by atoms with E-state index in [1.165, 1.54) is 18.9 Å². The van der Waals surface area contributed by atoms with Gasteiger partial charge in [-0.05, 0) is 82.5 Å². The first-order valence-corrected chi connectivity index (χ1v) is 14.0. The lowest BCUT2D eigenvalue weighted by Gasteiger charge is -2.26. The Hall–Kier alpha value is -3.43. The number of amides is 2. The number of imidazole rings is 1. The fourth-order valence-electron chi connectivity index (χ4n) is 5.50. The number of nitrogens with zero attached hydrogens (tertiary/aromatic N) is 5. The van der Waals surface area contributed by atoms with Crippen molar-refractivity contribution in [2.75, 3.05) is 44.6 Å². The minimum atomic E-state index is -0.289. The molecule has 2 aliphatic rings. The molecule has 206 valence electrons. The van der Waals surface area contributed by atoms with Crippen molar-refractivity contribution in [3.63, 3.8) is 0 Å². The Bertz CT molecular complexity index is 1370. The molecule has 5 rings (SSSR count). The maximum Gasteiger partial charge on any atom is 0.258 e. The van der Waals surface area contributed by atoms with Gasteiger partial charge in [-0.25, -0.2) is 4.98 Å². The zero-order valence-electron chi connectivity index (χ0n) is 22.4. The second-order valence-electron chi connectivity index (χ2n) is 10.2. The Morgan fingerprint density at radius 3 is 2.74 bits per heavy atom. The van der Waals surface area contributed by atoms with E-state index >= 15 is 0 Å². The van der Waals surface area contributed by atoms with Gasteiger partial charge in [-0.1, -0.05) is 18.2 Å². The second kappa shape index (κ2) is 12.2. The van der Waals surface area contributed by atoms with Crippen LogP contribution in [0.1, 0.15) is 54.2 Å². The molecule has 2 fully saturated rings. The van der Waals surface area contributed by atoms with Gasteiger partial charge in [-0.3, -0.25) is 24.8 Å². The van der Waals surface area contributed by atoms with Crippen LogP contribution in [-0.2, 0) is 4.79 Å². The van der Waals surface area contributed by atoms with Gasteiger partial charge in [0.15, 0.2) is 0 Å². The molecule has 2 amide bonds. The van der Waals surface area contributed by atoms with Gasteiger partial charge in [-0.15, -0.1) is 0 Å². The number of pyridine rings is 1. The van der Waals surface area contributed by atoms with Crippen molar-refractivity contribution in [2.45, 2.75) is 45.1 Å². The summed E-state index contributed by atoms with van der Waals surface area (Å²) in [6.07, 6.45) is 8.03. The molecule has 0 bridgehead atoms. The van der Waals surface area contributed by atoms with Crippen LogP contribution in [0.2, 0.25) is 5.02 Å². The number of likely N-dealkylation sites (tertiary alicyclic amines) is 2. The van der Waals surface area contributed by atoms with Gasteiger partial charge in [0.1, 0.15) is 17.4 Å². The summed E-state index contributed by atoms with van der Waals surface area (Å²) in [7, 11) is 0. The Morgan fingerprint density at radius 2 is 1.97 bits per heavy atom. The smallest absolute Gasteiger partial charge is 0.258 e. The van der Waals surface area contributed by atoms with Crippen LogP contribution < -0.4 is 10.1 Å². The van der Waals surface area contributed by atoms with E-state index in [1.54, 1.807) is 23.2 Å². The fourth-order valence-corrected chi connectivity index (χ4v) is 5.80. The number of aryl methyl sites for hydroxylation is 1. The van der Waals surface area contributed by atoms with E-state index < -0.39 is 0 Å². The number of nitrogens with one attached hydrogen (secondary N) is 1. The Labute approximate surface area is 233 Å². The number of ether oxygens (including phenoxy) is 1. The van der Waals surface area contributed by atoms with E-state index in [1.807, 2.05) is 23.6 Å². The minimum Gasteiger partial charge on any atom is -0.491 e. The molecular formula is C29H35ClN6O3. The maximum absolute atomic E-state index is 13.3. The molecule has 39 heavy (non-hydrogen) atoms. The molecule has 2 aliphatic heterocycles. The number of carbonyl (C=O) groups is 2. The number of anilines is 1. The third-order valence-electron chi connectivity index (χ3n) is 7.50. The zero-order chi connectivity index (χ0) is 27.4. The van der Waals surface area contributed by atoms with Crippen LogP contribution in [0, 0.1) is 6.92 Å². The van der Waals surface area contributed by atoms with Crippen molar-refractivity contribution in [1.29, 1.82) is 0 Å². The number of hydrogen-bond acceptors (Lipinski definition) is 6. The molecule has 0 radical (unpaired) electrons. The molecular weight excluding hydrogens is 516 g/mol. The molecule has 0 saturated carbocycles. The first-order valence-electron chi connectivity index (χ1n) is 13.7. The van der Waals surface area contributed by atoms with E-state index in [0.29, 0.717) is 53.0 Å². The highest BCUT2D eigenvalue weighted by Crippen LogP contribution is 2.38. The first-order chi connectivity index (χ1) is 18.9. The monoisotopic (exact) mass is 550 g/mol. The highest BCUT2D eigenvalue weighted by Gasteiger charge is 2.28. The molecule has 9 nitrogen and oxygen atoms in total. The van der Waals surface area contributed by atoms with Crippen molar-refractivity contribution < 1.29 is 14.3 Å². The maximum atomic E-state index is 13.3. The predicted octanol–water partition coefficient (Wildman–Crippen LogP) is 4.86. The number of carbonyl (C=O) groups excluding carboxylic acids is 2. The van der Waals surface area contributed by atoms with Crippen molar-refractivity contribution in [2.24, 2.45) is 0 Å². The third kappa shape index (κ3) is 6.09. The normalized spacial score (nSPS) is 18.2. The molecule has 1 atom stereocenters. The summed E-state index contributed by atoms with van der Waals surface area (Å²) >= 11 is 7.00.